The predicted octanol–water partition coefficient (Wildman–Crippen LogP) is 1.07. The molecule has 7 nitrogen and oxygen atoms in total. The Balaban J connectivity index is 2.72. The molecule has 0 aromatic heterocycles. The summed E-state index contributed by atoms with van der Waals surface area (Å²) >= 11 is 0. The summed E-state index contributed by atoms with van der Waals surface area (Å²) in [7, 11) is 8.34. The van der Waals surface area contributed by atoms with Gasteiger partial charge in [-0.2, -0.15) is 0 Å². The molecular weight excluding hydrogens is 322 g/mol. The molecular formula is C18H29N3O4. The number of hydrogen-bond acceptors (Lipinski definition) is 5. The minimum Gasteiger partial charge on any atom is -0.493 e. The normalized spacial score (nSPS) is 10.5. The van der Waals surface area contributed by atoms with Gasteiger partial charge < -0.3 is 19.3 Å². The highest BCUT2D eigenvalue weighted by Crippen LogP contribution is 2.28. The minimum absolute atomic E-state index is 0.0219. The molecule has 2 amide bonds. The van der Waals surface area contributed by atoms with Crippen LogP contribution in [0, 0.1) is 0 Å². The molecule has 0 unspecified atom stereocenters. The maximum atomic E-state index is 12.5. The number of rotatable bonds is 9. The summed E-state index contributed by atoms with van der Waals surface area (Å²) in [5, 5.41) is 0. The molecule has 0 N–H and O–H groups in total. The van der Waals surface area contributed by atoms with Crippen LogP contribution in [0.25, 0.3) is 0 Å². The van der Waals surface area contributed by atoms with E-state index in [1.807, 2.05) is 25.1 Å². The zero-order valence-electron chi connectivity index (χ0n) is 16.0. The van der Waals surface area contributed by atoms with Crippen LogP contribution in [-0.4, -0.2) is 81.5 Å². The Labute approximate surface area is 150 Å². The van der Waals surface area contributed by atoms with E-state index in [4.69, 9.17) is 9.47 Å². The van der Waals surface area contributed by atoms with Gasteiger partial charge in [0.1, 0.15) is 0 Å². The number of nitrogens with zero attached hydrogens (tertiary/aromatic N) is 3. The molecule has 0 aliphatic rings. The minimum atomic E-state index is -0.0294. The molecule has 0 spiro atoms. The standard InChI is InChI=1S/C18H29N3O4/c1-7-21(18(23)13-20(4)12-17(22)19(2)3)11-14-8-9-15(24-5)16(10-14)25-6/h8-10H,7,11-13H2,1-6H3. The van der Waals surface area contributed by atoms with Gasteiger partial charge in [0.05, 0.1) is 27.3 Å². The van der Waals surface area contributed by atoms with Gasteiger partial charge in [-0.25, -0.2) is 0 Å². The second-order valence-corrected chi connectivity index (χ2v) is 6.06. The van der Waals surface area contributed by atoms with Crippen LogP contribution in [0.2, 0.25) is 0 Å². The third-order valence-electron chi connectivity index (χ3n) is 3.86. The molecule has 0 aliphatic heterocycles. The highest BCUT2D eigenvalue weighted by Gasteiger charge is 2.17. The molecule has 0 aliphatic carbocycles. The van der Waals surface area contributed by atoms with Crippen molar-refractivity contribution in [2.45, 2.75) is 13.5 Å². The predicted molar refractivity (Wildman–Crippen MR) is 96.8 cm³/mol. The first-order valence-corrected chi connectivity index (χ1v) is 8.19. The average molecular weight is 351 g/mol. The molecule has 1 aromatic rings. The highest BCUT2D eigenvalue weighted by atomic mass is 16.5. The lowest BCUT2D eigenvalue weighted by Gasteiger charge is -2.25. The molecule has 0 radical (unpaired) electrons. The fourth-order valence-corrected chi connectivity index (χ4v) is 2.33. The Hall–Kier alpha value is -2.28. The van der Waals surface area contributed by atoms with Gasteiger partial charge in [-0.05, 0) is 31.7 Å². The van der Waals surface area contributed by atoms with Crippen molar-refractivity contribution in [1.82, 2.24) is 14.7 Å². The van der Waals surface area contributed by atoms with Crippen molar-refractivity contribution < 1.29 is 19.1 Å². The summed E-state index contributed by atoms with van der Waals surface area (Å²) in [4.78, 5) is 29.2. The first-order valence-electron chi connectivity index (χ1n) is 8.19. The molecule has 0 saturated heterocycles. The lowest BCUT2D eigenvalue weighted by molar-refractivity contribution is -0.134. The third kappa shape index (κ3) is 6.26. The Morgan fingerprint density at radius 1 is 0.960 bits per heavy atom. The van der Waals surface area contributed by atoms with E-state index in [1.54, 1.807) is 45.2 Å². The molecule has 0 saturated carbocycles. The molecule has 1 rings (SSSR count). The molecule has 140 valence electrons. The third-order valence-corrected chi connectivity index (χ3v) is 3.86. The smallest absolute Gasteiger partial charge is 0.237 e. The van der Waals surface area contributed by atoms with Crippen molar-refractivity contribution in [3.63, 3.8) is 0 Å². The Morgan fingerprint density at radius 3 is 2.08 bits per heavy atom. The van der Waals surface area contributed by atoms with E-state index in [0.29, 0.717) is 24.6 Å². The van der Waals surface area contributed by atoms with E-state index >= 15 is 0 Å². The Kier molecular flexibility index (Phi) is 8.21. The SMILES string of the molecule is CCN(Cc1ccc(OC)c(OC)c1)C(=O)CN(C)CC(=O)N(C)C. The van der Waals surface area contributed by atoms with E-state index in [-0.39, 0.29) is 24.9 Å². The van der Waals surface area contributed by atoms with Crippen molar-refractivity contribution >= 4 is 11.8 Å². The van der Waals surface area contributed by atoms with Crippen LogP contribution in [0.4, 0.5) is 0 Å². The summed E-state index contributed by atoms with van der Waals surface area (Å²) in [6, 6.07) is 5.61. The molecule has 25 heavy (non-hydrogen) atoms. The fourth-order valence-electron chi connectivity index (χ4n) is 2.33. The maximum Gasteiger partial charge on any atom is 0.237 e. The summed E-state index contributed by atoms with van der Waals surface area (Å²) in [5.41, 5.74) is 0.958. The summed E-state index contributed by atoms with van der Waals surface area (Å²) in [6.45, 7) is 3.41. The highest BCUT2D eigenvalue weighted by molar-refractivity contribution is 5.81. The summed E-state index contributed by atoms with van der Waals surface area (Å²) < 4.78 is 10.5. The molecule has 0 heterocycles. The van der Waals surface area contributed by atoms with Gasteiger partial charge in [-0.1, -0.05) is 6.07 Å². The monoisotopic (exact) mass is 351 g/mol. The number of hydrogen-bond donors (Lipinski definition) is 0. The lowest BCUT2D eigenvalue weighted by atomic mass is 10.2. The van der Waals surface area contributed by atoms with Gasteiger partial charge in [-0.3, -0.25) is 14.5 Å². The van der Waals surface area contributed by atoms with Crippen LogP contribution in [-0.2, 0) is 16.1 Å². The molecule has 1 aromatic carbocycles. The van der Waals surface area contributed by atoms with Gasteiger partial charge in [-0.15, -0.1) is 0 Å². The van der Waals surface area contributed by atoms with E-state index in [9.17, 15) is 9.59 Å². The summed E-state index contributed by atoms with van der Waals surface area (Å²) in [6.07, 6.45) is 0. The topological polar surface area (TPSA) is 62.3 Å². The number of benzene rings is 1. The van der Waals surface area contributed by atoms with Crippen LogP contribution in [0.1, 0.15) is 12.5 Å². The van der Waals surface area contributed by atoms with Crippen molar-refractivity contribution in [1.29, 1.82) is 0 Å². The average Bonchev–Trinajstić information content (AvgIpc) is 2.58. The van der Waals surface area contributed by atoms with Crippen LogP contribution in [0.3, 0.4) is 0 Å². The lowest BCUT2D eigenvalue weighted by Crippen LogP contribution is -2.42. The van der Waals surface area contributed by atoms with Gasteiger partial charge in [0.2, 0.25) is 11.8 Å². The quantitative estimate of drug-likeness (QED) is 0.666. The number of amides is 2. The van der Waals surface area contributed by atoms with E-state index in [1.165, 1.54) is 4.90 Å². The van der Waals surface area contributed by atoms with Gasteiger partial charge in [0.25, 0.3) is 0 Å². The van der Waals surface area contributed by atoms with Crippen LogP contribution in [0.15, 0.2) is 18.2 Å². The zero-order chi connectivity index (χ0) is 19.0. The van der Waals surface area contributed by atoms with Crippen molar-refractivity contribution in [3.8, 4) is 11.5 Å². The molecule has 7 heteroatoms. The second-order valence-electron chi connectivity index (χ2n) is 6.06. The van der Waals surface area contributed by atoms with Crippen molar-refractivity contribution in [2.24, 2.45) is 0 Å². The van der Waals surface area contributed by atoms with E-state index in [0.717, 1.165) is 5.56 Å². The number of ether oxygens (including phenoxy) is 2. The zero-order valence-corrected chi connectivity index (χ0v) is 16.0. The van der Waals surface area contributed by atoms with Gasteiger partial charge in [0.15, 0.2) is 11.5 Å². The van der Waals surface area contributed by atoms with Gasteiger partial charge in [0, 0.05) is 27.2 Å². The fraction of sp³-hybridized carbons (Fsp3) is 0.556. The molecule has 0 fully saturated rings. The van der Waals surface area contributed by atoms with Crippen LogP contribution < -0.4 is 9.47 Å². The van der Waals surface area contributed by atoms with Gasteiger partial charge >= 0.3 is 0 Å². The summed E-state index contributed by atoms with van der Waals surface area (Å²) in [5.74, 6) is 1.24. The Bertz CT molecular complexity index is 590. The number of methoxy groups -OCH3 is 2. The van der Waals surface area contributed by atoms with E-state index < -0.39 is 0 Å². The largest absolute Gasteiger partial charge is 0.493 e. The number of carbonyl (C=O) groups is 2. The number of likely N-dealkylation sites (N-methyl/N-ethyl adjacent to an activating group) is 3. The second kappa shape index (κ2) is 9.88. The first-order chi connectivity index (χ1) is 11.8. The van der Waals surface area contributed by atoms with Crippen LogP contribution >= 0.6 is 0 Å². The molecule has 0 bridgehead atoms. The first kappa shape index (κ1) is 20.8. The van der Waals surface area contributed by atoms with Crippen LogP contribution in [0.5, 0.6) is 11.5 Å². The van der Waals surface area contributed by atoms with Crippen molar-refractivity contribution in [2.75, 3.05) is 55.0 Å². The van der Waals surface area contributed by atoms with Crippen molar-refractivity contribution in [3.05, 3.63) is 23.8 Å². The molecule has 0 atom stereocenters. The van der Waals surface area contributed by atoms with E-state index in [2.05, 4.69) is 0 Å². The number of carbonyl (C=O) groups excluding carboxylic acids is 2. The maximum absolute atomic E-state index is 12.5. The Morgan fingerprint density at radius 2 is 1.56 bits per heavy atom.